The summed E-state index contributed by atoms with van der Waals surface area (Å²) in [5, 5.41) is 11.9. The molecular formula is C21H27F2N5O5S. The van der Waals surface area contributed by atoms with Crippen molar-refractivity contribution in [3.63, 3.8) is 0 Å². The van der Waals surface area contributed by atoms with Crippen molar-refractivity contribution in [2.24, 2.45) is 0 Å². The van der Waals surface area contributed by atoms with Crippen LogP contribution < -0.4 is 20.5 Å². The third-order valence-corrected chi connectivity index (χ3v) is 7.06. The fraction of sp³-hybridized carbons (Fsp3) is 0.476. The molecule has 186 valence electrons. The standard InChI is InChI=1S/C21H27F2N5O5S/c1-33-16-8-7-15(22)18(23)17(16)19(30)14-11-25-21(27-20(14)24)26-12-3-5-13(6-4-12)28-34(31,32)10-2-9-29/h7-8,11-13,28-29H,2-6,9-10H2,1H3,(H3,24,25,26,27). The predicted octanol–water partition coefficient (Wildman–Crippen LogP) is 1.60. The zero-order valence-electron chi connectivity index (χ0n) is 18.6. The number of aliphatic hydroxyl groups is 1. The second-order valence-corrected chi connectivity index (χ2v) is 9.84. The van der Waals surface area contributed by atoms with Crippen LogP contribution in [0.4, 0.5) is 20.5 Å². The summed E-state index contributed by atoms with van der Waals surface area (Å²) < 4.78 is 59.5. The van der Waals surface area contributed by atoms with E-state index in [2.05, 4.69) is 20.0 Å². The molecule has 0 bridgehead atoms. The average Bonchev–Trinajstić information content (AvgIpc) is 2.80. The van der Waals surface area contributed by atoms with Crippen molar-refractivity contribution in [2.75, 3.05) is 30.5 Å². The molecule has 5 N–H and O–H groups in total. The number of benzene rings is 1. The van der Waals surface area contributed by atoms with Gasteiger partial charge in [0.1, 0.15) is 17.1 Å². The van der Waals surface area contributed by atoms with E-state index in [-0.39, 0.29) is 53.9 Å². The highest BCUT2D eigenvalue weighted by atomic mass is 32.2. The molecule has 13 heteroatoms. The first-order valence-corrected chi connectivity index (χ1v) is 12.4. The highest BCUT2D eigenvalue weighted by Crippen LogP contribution is 2.28. The number of carbonyl (C=O) groups is 1. The van der Waals surface area contributed by atoms with Crippen LogP contribution >= 0.6 is 0 Å². The molecule has 1 fully saturated rings. The maximum Gasteiger partial charge on any atom is 0.224 e. The molecule has 1 heterocycles. The third kappa shape index (κ3) is 6.15. The zero-order valence-corrected chi connectivity index (χ0v) is 19.4. The molecule has 0 aliphatic heterocycles. The minimum atomic E-state index is -3.43. The van der Waals surface area contributed by atoms with Gasteiger partial charge in [0.25, 0.3) is 0 Å². The van der Waals surface area contributed by atoms with Gasteiger partial charge in [-0.05, 0) is 44.2 Å². The number of aliphatic hydroxyl groups excluding tert-OH is 1. The van der Waals surface area contributed by atoms with Crippen molar-refractivity contribution in [2.45, 2.75) is 44.2 Å². The highest BCUT2D eigenvalue weighted by Gasteiger charge is 2.27. The van der Waals surface area contributed by atoms with Crippen LogP contribution in [0.1, 0.15) is 48.0 Å². The molecule has 0 spiro atoms. The fourth-order valence-corrected chi connectivity index (χ4v) is 5.16. The van der Waals surface area contributed by atoms with Crippen LogP contribution in [0, 0.1) is 11.6 Å². The van der Waals surface area contributed by atoms with Crippen LogP contribution in [0.2, 0.25) is 0 Å². The third-order valence-electron chi connectivity index (χ3n) is 5.54. The molecule has 2 aromatic rings. The number of halogens is 2. The molecule has 1 aliphatic rings. The van der Waals surface area contributed by atoms with Crippen LogP contribution in [0.25, 0.3) is 0 Å². The average molecular weight is 500 g/mol. The van der Waals surface area contributed by atoms with Gasteiger partial charge in [-0.25, -0.2) is 26.9 Å². The van der Waals surface area contributed by atoms with Crippen LogP contribution in [-0.4, -0.2) is 60.8 Å². The van der Waals surface area contributed by atoms with Gasteiger partial charge in [0.2, 0.25) is 21.8 Å². The van der Waals surface area contributed by atoms with Crippen LogP contribution in [0.15, 0.2) is 18.3 Å². The summed E-state index contributed by atoms with van der Waals surface area (Å²) >= 11 is 0. The summed E-state index contributed by atoms with van der Waals surface area (Å²) in [6, 6.07) is 1.76. The molecule has 34 heavy (non-hydrogen) atoms. The Labute approximate surface area is 196 Å². The van der Waals surface area contributed by atoms with Gasteiger partial charge in [0.05, 0.1) is 18.4 Å². The maximum atomic E-state index is 14.3. The van der Waals surface area contributed by atoms with E-state index in [1.807, 2.05) is 0 Å². The lowest BCUT2D eigenvalue weighted by atomic mass is 9.92. The van der Waals surface area contributed by atoms with Gasteiger partial charge in [0, 0.05) is 24.9 Å². The molecule has 0 unspecified atom stereocenters. The van der Waals surface area contributed by atoms with E-state index in [0.29, 0.717) is 25.7 Å². The van der Waals surface area contributed by atoms with E-state index in [1.54, 1.807) is 0 Å². The SMILES string of the molecule is COc1ccc(F)c(F)c1C(=O)c1cnc(NC2CCC(NS(=O)(=O)CCCO)CC2)nc1N. The second-order valence-electron chi connectivity index (χ2n) is 7.97. The molecule has 1 aromatic heterocycles. The Morgan fingerprint density at radius 2 is 1.91 bits per heavy atom. The second kappa shape index (κ2) is 11.0. The number of carbonyl (C=O) groups excluding carboxylic acids is 1. The van der Waals surface area contributed by atoms with E-state index >= 15 is 0 Å². The molecule has 1 aromatic carbocycles. The fourth-order valence-electron chi connectivity index (χ4n) is 3.79. The van der Waals surface area contributed by atoms with Crippen LogP contribution in [-0.2, 0) is 10.0 Å². The first-order chi connectivity index (χ1) is 16.1. The summed E-state index contributed by atoms with van der Waals surface area (Å²) in [5.74, 6) is -3.78. The number of nitrogens with one attached hydrogen (secondary N) is 2. The van der Waals surface area contributed by atoms with Crippen molar-refractivity contribution in [1.82, 2.24) is 14.7 Å². The smallest absolute Gasteiger partial charge is 0.224 e. The van der Waals surface area contributed by atoms with Crippen molar-refractivity contribution >= 4 is 27.6 Å². The summed E-state index contributed by atoms with van der Waals surface area (Å²) in [7, 11) is -2.21. The number of nitrogen functional groups attached to an aromatic ring is 1. The molecule has 10 nitrogen and oxygen atoms in total. The molecule has 0 amide bonds. The van der Waals surface area contributed by atoms with Gasteiger partial charge in [-0.15, -0.1) is 0 Å². The summed E-state index contributed by atoms with van der Waals surface area (Å²) in [5.41, 5.74) is 5.11. The van der Waals surface area contributed by atoms with Gasteiger partial charge in [-0.1, -0.05) is 0 Å². The first-order valence-electron chi connectivity index (χ1n) is 10.7. The lowest BCUT2D eigenvalue weighted by molar-refractivity contribution is 0.103. The van der Waals surface area contributed by atoms with E-state index < -0.39 is 33.0 Å². The predicted molar refractivity (Wildman–Crippen MR) is 121 cm³/mol. The van der Waals surface area contributed by atoms with E-state index in [0.717, 1.165) is 18.3 Å². The summed E-state index contributed by atoms with van der Waals surface area (Å²) in [6.07, 6.45) is 3.80. The number of hydrogen-bond acceptors (Lipinski definition) is 9. The quantitative estimate of drug-likeness (QED) is 0.357. The molecule has 1 saturated carbocycles. The van der Waals surface area contributed by atoms with Crippen molar-refractivity contribution in [1.29, 1.82) is 0 Å². The Bertz CT molecular complexity index is 1140. The first kappa shape index (κ1) is 25.7. The number of nitrogens with two attached hydrogens (primary N) is 1. The molecule has 1 aliphatic carbocycles. The highest BCUT2D eigenvalue weighted by molar-refractivity contribution is 7.89. The number of methoxy groups -OCH3 is 1. The minimum Gasteiger partial charge on any atom is -0.496 e. The van der Waals surface area contributed by atoms with Crippen molar-refractivity contribution in [3.8, 4) is 5.75 Å². The van der Waals surface area contributed by atoms with E-state index in [4.69, 9.17) is 15.6 Å². The van der Waals surface area contributed by atoms with Gasteiger partial charge < -0.3 is 20.9 Å². The number of ether oxygens (including phenoxy) is 1. The normalized spacial score (nSPS) is 18.5. The molecular weight excluding hydrogens is 472 g/mol. The number of nitrogens with zero attached hydrogens (tertiary/aromatic N) is 2. The largest absolute Gasteiger partial charge is 0.496 e. The van der Waals surface area contributed by atoms with Crippen molar-refractivity contribution < 1.29 is 31.8 Å². The maximum absolute atomic E-state index is 14.3. The van der Waals surface area contributed by atoms with Gasteiger partial charge in [0.15, 0.2) is 11.6 Å². The van der Waals surface area contributed by atoms with Gasteiger partial charge in [-0.3, -0.25) is 4.79 Å². The lowest BCUT2D eigenvalue weighted by Crippen LogP contribution is -2.41. The van der Waals surface area contributed by atoms with Crippen molar-refractivity contribution in [3.05, 3.63) is 41.1 Å². The van der Waals surface area contributed by atoms with Gasteiger partial charge in [-0.2, -0.15) is 4.98 Å². The zero-order chi connectivity index (χ0) is 24.9. The molecule has 3 rings (SSSR count). The van der Waals surface area contributed by atoms with Crippen LogP contribution in [0.5, 0.6) is 5.75 Å². The Balaban J connectivity index is 1.64. The number of aromatic nitrogens is 2. The number of rotatable bonds is 10. The number of hydrogen-bond donors (Lipinski definition) is 4. The summed E-state index contributed by atoms with van der Waals surface area (Å²) in [6.45, 7) is -0.185. The number of ketones is 1. The molecule has 0 saturated heterocycles. The monoisotopic (exact) mass is 499 g/mol. The van der Waals surface area contributed by atoms with E-state index in [1.165, 1.54) is 7.11 Å². The Morgan fingerprint density at radius 1 is 1.24 bits per heavy atom. The van der Waals surface area contributed by atoms with Crippen LogP contribution in [0.3, 0.4) is 0 Å². The van der Waals surface area contributed by atoms with Gasteiger partial charge >= 0.3 is 0 Å². The Kier molecular flexibility index (Phi) is 8.33. The minimum absolute atomic E-state index is 0.0418. The summed E-state index contributed by atoms with van der Waals surface area (Å²) in [4.78, 5) is 21.0. The number of sulfonamides is 1. The van der Waals surface area contributed by atoms with E-state index in [9.17, 15) is 22.0 Å². The Hall–Kier alpha value is -2.90. The molecule has 0 radical (unpaired) electrons. The topological polar surface area (TPSA) is 157 Å². The lowest BCUT2D eigenvalue weighted by Gasteiger charge is -2.29. The number of anilines is 2. The Morgan fingerprint density at radius 3 is 2.53 bits per heavy atom. The molecule has 0 atom stereocenters.